The third kappa shape index (κ3) is 5.67. The van der Waals surface area contributed by atoms with E-state index in [0.29, 0.717) is 11.1 Å². The highest BCUT2D eigenvalue weighted by Gasteiger charge is 2.39. The maximum atomic E-state index is 13.2. The van der Waals surface area contributed by atoms with Crippen LogP contribution in [-0.2, 0) is 10.8 Å². The van der Waals surface area contributed by atoms with Crippen LogP contribution in [0.15, 0.2) is 66.7 Å². The Morgan fingerprint density at radius 3 is 2.11 bits per heavy atom. The van der Waals surface area contributed by atoms with Gasteiger partial charge < -0.3 is 15.5 Å². The number of benzene rings is 3. The molecule has 3 aromatic carbocycles. The van der Waals surface area contributed by atoms with Crippen LogP contribution in [0.25, 0.3) is 6.08 Å². The molecule has 0 radical (unpaired) electrons. The van der Waals surface area contributed by atoms with Gasteiger partial charge in [-0.15, -0.1) is 0 Å². The minimum Gasteiger partial charge on any atom is -0.478 e. The lowest BCUT2D eigenvalue weighted by atomic mass is 9.62. The number of aryl methyl sites for hydroxylation is 1. The molecular weight excluding hydrogens is 462 g/mol. The summed E-state index contributed by atoms with van der Waals surface area (Å²) in [6.07, 6.45) is 4.55. The molecule has 1 atom stereocenters. The van der Waals surface area contributed by atoms with Crippen molar-refractivity contribution in [3.05, 3.63) is 106 Å². The number of aromatic carboxylic acids is 1. The zero-order valence-corrected chi connectivity index (χ0v) is 22.1. The van der Waals surface area contributed by atoms with E-state index < -0.39 is 12.1 Å². The first-order chi connectivity index (χ1) is 17.4. The predicted molar refractivity (Wildman–Crippen MR) is 148 cm³/mol. The smallest absolute Gasteiger partial charge is 0.335 e. The van der Waals surface area contributed by atoms with Gasteiger partial charge in [0, 0.05) is 11.3 Å². The second-order valence-electron chi connectivity index (χ2n) is 11.3. The van der Waals surface area contributed by atoms with Crippen LogP contribution in [0.5, 0.6) is 0 Å². The van der Waals surface area contributed by atoms with Crippen molar-refractivity contribution < 1.29 is 19.8 Å². The van der Waals surface area contributed by atoms with Gasteiger partial charge in [0.25, 0.3) is 5.91 Å². The number of anilines is 1. The van der Waals surface area contributed by atoms with E-state index in [0.717, 1.165) is 40.8 Å². The standard InChI is InChI=1S/C32H35NO4/c1-20-6-11-22(12-7-20)29(35)33-26-19-24(18-25-28(26)32(4,5)17-16-31(25,2)3)27(34)15-10-21-8-13-23(14-9-21)30(36)37/h6-15,18-19,27,34H,16-17H2,1-5H3,(H,33,35)(H,36,37). The second kappa shape index (κ2) is 9.98. The van der Waals surface area contributed by atoms with Gasteiger partial charge in [-0.1, -0.05) is 75.7 Å². The number of carboxylic acids is 1. The van der Waals surface area contributed by atoms with Crippen molar-refractivity contribution in [2.75, 3.05) is 5.32 Å². The lowest BCUT2D eigenvalue weighted by Crippen LogP contribution is -2.35. The number of nitrogens with one attached hydrogen (secondary N) is 1. The Morgan fingerprint density at radius 1 is 0.892 bits per heavy atom. The van der Waals surface area contributed by atoms with Crippen molar-refractivity contribution in [1.82, 2.24) is 0 Å². The van der Waals surface area contributed by atoms with Crippen molar-refractivity contribution >= 4 is 23.6 Å². The Bertz CT molecular complexity index is 1350. The molecule has 0 aliphatic heterocycles. The largest absolute Gasteiger partial charge is 0.478 e. The van der Waals surface area contributed by atoms with Crippen molar-refractivity contribution in [3.8, 4) is 0 Å². The first kappa shape index (κ1) is 26.4. The van der Waals surface area contributed by atoms with Crippen LogP contribution in [0.1, 0.15) is 95.2 Å². The Balaban J connectivity index is 1.73. The summed E-state index contributed by atoms with van der Waals surface area (Å²) in [5.41, 5.74) is 6.12. The summed E-state index contributed by atoms with van der Waals surface area (Å²) in [6.45, 7) is 10.8. The van der Waals surface area contributed by atoms with Crippen molar-refractivity contribution in [2.24, 2.45) is 0 Å². The Hall–Kier alpha value is -3.70. The van der Waals surface area contributed by atoms with Crippen molar-refractivity contribution in [3.63, 3.8) is 0 Å². The lowest BCUT2D eigenvalue weighted by molar-refractivity contribution is 0.0696. The molecule has 0 fully saturated rings. The van der Waals surface area contributed by atoms with Crippen LogP contribution in [0.2, 0.25) is 0 Å². The summed E-state index contributed by atoms with van der Waals surface area (Å²) in [5.74, 6) is -1.16. The number of carboxylic acid groups (broad SMARTS) is 1. The van der Waals surface area contributed by atoms with Crippen LogP contribution < -0.4 is 5.32 Å². The number of carbonyl (C=O) groups excluding carboxylic acids is 1. The number of rotatable bonds is 6. The summed E-state index contributed by atoms with van der Waals surface area (Å²) < 4.78 is 0. The van der Waals surface area contributed by atoms with E-state index >= 15 is 0 Å². The molecular formula is C32H35NO4. The third-order valence-corrected chi connectivity index (χ3v) is 7.47. The van der Waals surface area contributed by atoms with Crippen molar-refractivity contribution in [2.45, 2.75) is 64.4 Å². The summed E-state index contributed by atoms with van der Waals surface area (Å²) in [4.78, 5) is 24.3. The molecule has 0 bridgehead atoms. The van der Waals surface area contributed by atoms with E-state index in [1.165, 1.54) is 12.1 Å². The van der Waals surface area contributed by atoms with E-state index in [9.17, 15) is 14.7 Å². The highest BCUT2D eigenvalue weighted by molar-refractivity contribution is 6.05. The molecule has 0 spiro atoms. The maximum absolute atomic E-state index is 13.2. The van der Waals surface area contributed by atoms with Crippen LogP contribution in [0.4, 0.5) is 5.69 Å². The van der Waals surface area contributed by atoms with Gasteiger partial charge in [0.2, 0.25) is 0 Å². The molecule has 0 aromatic heterocycles. The fourth-order valence-corrected chi connectivity index (χ4v) is 5.03. The molecule has 5 nitrogen and oxygen atoms in total. The van der Waals surface area contributed by atoms with Gasteiger partial charge in [-0.05, 0) is 83.2 Å². The van der Waals surface area contributed by atoms with E-state index in [4.69, 9.17) is 5.11 Å². The number of hydrogen-bond donors (Lipinski definition) is 3. The molecule has 5 heteroatoms. The lowest BCUT2D eigenvalue weighted by Gasteiger charge is -2.43. The minimum atomic E-state index is -0.977. The van der Waals surface area contributed by atoms with E-state index in [-0.39, 0.29) is 22.3 Å². The van der Waals surface area contributed by atoms with Crippen LogP contribution in [0.3, 0.4) is 0 Å². The fraction of sp³-hybridized carbons (Fsp3) is 0.312. The van der Waals surface area contributed by atoms with Gasteiger partial charge in [0.1, 0.15) is 0 Å². The molecule has 3 aromatic rings. The fourth-order valence-electron chi connectivity index (χ4n) is 5.03. The van der Waals surface area contributed by atoms with Gasteiger partial charge in [0.05, 0.1) is 11.7 Å². The second-order valence-corrected chi connectivity index (χ2v) is 11.3. The van der Waals surface area contributed by atoms with Crippen LogP contribution in [0, 0.1) is 6.92 Å². The van der Waals surface area contributed by atoms with Gasteiger partial charge in [-0.3, -0.25) is 4.79 Å². The number of hydrogen-bond acceptors (Lipinski definition) is 3. The quantitative estimate of drug-likeness (QED) is 0.341. The van der Waals surface area contributed by atoms with Gasteiger partial charge in [-0.2, -0.15) is 0 Å². The van der Waals surface area contributed by atoms with Crippen molar-refractivity contribution in [1.29, 1.82) is 0 Å². The van der Waals surface area contributed by atoms with E-state index in [2.05, 4.69) is 39.1 Å². The normalized spacial score (nSPS) is 16.7. The first-order valence-electron chi connectivity index (χ1n) is 12.6. The highest BCUT2D eigenvalue weighted by Crippen LogP contribution is 2.49. The summed E-state index contributed by atoms with van der Waals surface area (Å²) in [5, 5.41) is 23.4. The summed E-state index contributed by atoms with van der Waals surface area (Å²) >= 11 is 0. The Kier molecular flexibility index (Phi) is 7.11. The van der Waals surface area contributed by atoms with Gasteiger partial charge in [-0.25, -0.2) is 4.79 Å². The van der Waals surface area contributed by atoms with E-state index in [1.807, 2.05) is 37.3 Å². The molecule has 0 saturated heterocycles. The zero-order valence-electron chi connectivity index (χ0n) is 22.1. The molecule has 192 valence electrons. The Morgan fingerprint density at radius 2 is 1.49 bits per heavy atom. The average Bonchev–Trinajstić information content (AvgIpc) is 2.85. The number of aliphatic hydroxyl groups is 1. The average molecular weight is 498 g/mol. The number of aliphatic hydroxyl groups excluding tert-OH is 1. The highest BCUT2D eigenvalue weighted by atomic mass is 16.4. The molecule has 3 N–H and O–H groups in total. The van der Waals surface area contributed by atoms with Crippen LogP contribution in [-0.4, -0.2) is 22.1 Å². The van der Waals surface area contributed by atoms with E-state index in [1.54, 1.807) is 24.3 Å². The van der Waals surface area contributed by atoms with Gasteiger partial charge >= 0.3 is 5.97 Å². The molecule has 0 saturated carbocycles. The third-order valence-electron chi connectivity index (χ3n) is 7.47. The van der Waals surface area contributed by atoms with Gasteiger partial charge in [0.15, 0.2) is 0 Å². The molecule has 0 heterocycles. The molecule has 1 aliphatic carbocycles. The molecule has 1 amide bonds. The Labute approximate surface area is 218 Å². The maximum Gasteiger partial charge on any atom is 0.335 e. The first-order valence-corrected chi connectivity index (χ1v) is 12.6. The number of amides is 1. The monoisotopic (exact) mass is 497 g/mol. The predicted octanol–water partition coefficient (Wildman–Crippen LogP) is 7.04. The topological polar surface area (TPSA) is 86.6 Å². The molecule has 37 heavy (non-hydrogen) atoms. The molecule has 4 rings (SSSR count). The summed E-state index contributed by atoms with van der Waals surface area (Å²) in [7, 11) is 0. The van der Waals surface area contributed by atoms with Crippen LogP contribution >= 0.6 is 0 Å². The number of carbonyl (C=O) groups is 2. The minimum absolute atomic E-state index is 0.111. The molecule has 1 unspecified atom stereocenters. The number of fused-ring (bicyclic) bond motifs is 1. The SMILES string of the molecule is Cc1ccc(C(=O)Nc2cc(C(O)C=Cc3ccc(C(=O)O)cc3)cc3c2C(C)(C)CCC3(C)C)cc1. The molecule has 1 aliphatic rings. The summed E-state index contributed by atoms with van der Waals surface area (Å²) in [6, 6.07) is 17.9. The zero-order chi connectivity index (χ0) is 27.0.